The first-order chi connectivity index (χ1) is 10.6. The molecule has 1 aliphatic heterocycles. The first kappa shape index (κ1) is 15.8. The van der Waals surface area contributed by atoms with Gasteiger partial charge in [0.25, 0.3) is 5.91 Å². The van der Waals surface area contributed by atoms with Crippen molar-refractivity contribution < 1.29 is 19.1 Å². The van der Waals surface area contributed by atoms with E-state index in [0.717, 1.165) is 23.4 Å². The number of carbonyl (C=O) groups is 2. The van der Waals surface area contributed by atoms with Gasteiger partial charge in [-0.25, -0.2) is 4.79 Å². The Balaban J connectivity index is 2.09. The molecule has 0 unspecified atom stereocenters. The summed E-state index contributed by atoms with van der Waals surface area (Å²) in [7, 11) is 2.80. The van der Waals surface area contributed by atoms with Crippen molar-refractivity contribution in [1.29, 1.82) is 0 Å². The number of ether oxygens (including phenoxy) is 2. The highest BCUT2D eigenvalue weighted by Crippen LogP contribution is 2.23. The molecule has 0 saturated carbocycles. The molecule has 1 aromatic carbocycles. The lowest BCUT2D eigenvalue weighted by atomic mass is 10.2. The van der Waals surface area contributed by atoms with Gasteiger partial charge in [-0.05, 0) is 23.9 Å². The molecule has 0 atom stereocenters. The van der Waals surface area contributed by atoms with Crippen LogP contribution >= 0.6 is 11.8 Å². The third kappa shape index (κ3) is 3.95. The van der Waals surface area contributed by atoms with Crippen LogP contribution in [0.2, 0.25) is 0 Å². The largest absolute Gasteiger partial charge is 0.496 e. The predicted octanol–water partition coefficient (Wildman–Crippen LogP) is 1.30. The molecule has 0 aliphatic carbocycles. The Hall–Kier alpha value is -2.61. The van der Waals surface area contributed by atoms with Gasteiger partial charge in [0.05, 0.1) is 25.3 Å². The molecule has 0 bridgehead atoms. The van der Waals surface area contributed by atoms with Crippen LogP contribution in [0.3, 0.4) is 0 Å². The molecular weight excluding hydrogens is 306 g/mol. The maximum Gasteiger partial charge on any atom is 0.331 e. The van der Waals surface area contributed by atoms with E-state index in [0.29, 0.717) is 5.75 Å². The van der Waals surface area contributed by atoms with Crippen LogP contribution in [0.1, 0.15) is 5.56 Å². The molecule has 114 valence electrons. The molecule has 1 N–H and O–H groups in total. The van der Waals surface area contributed by atoms with E-state index in [1.54, 1.807) is 13.2 Å². The van der Waals surface area contributed by atoms with Crippen molar-refractivity contribution in [2.24, 2.45) is 10.2 Å². The Morgan fingerprint density at radius 2 is 2.09 bits per heavy atom. The highest BCUT2D eigenvalue weighted by Gasteiger charge is 2.24. The zero-order valence-corrected chi connectivity index (χ0v) is 12.7. The fourth-order valence-corrected chi connectivity index (χ4v) is 2.30. The van der Waals surface area contributed by atoms with E-state index < -0.39 is 11.9 Å². The maximum atomic E-state index is 11.6. The van der Waals surface area contributed by atoms with E-state index in [-0.39, 0.29) is 10.1 Å². The smallest absolute Gasteiger partial charge is 0.331 e. The molecule has 0 radical (unpaired) electrons. The second-order valence-corrected chi connectivity index (χ2v) is 5.01. The van der Waals surface area contributed by atoms with E-state index in [1.165, 1.54) is 13.3 Å². The number of hydrogen-bond acceptors (Lipinski definition) is 7. The van der Waals surface area contributed by atoms with Crippen LogP contribution in [-0.4, -0.2) is 37.5 Å². The highest BCUT2D eigenvalue weighted by atomic mass is 32.2. The zero-order chi connectivity index (χ0) is 15.9. The fourth-order valence-electron chi connectivity index (χ4n) is 1.56. The average Bonchev–Trinajstić information content (AvgIpc) is 2.87. The van der Waals surface area contributed by atoms with Crippen LogP contribution in [0.4, 0.5) is 0 Å². The summed E-state index contributed by atoms with van der Waals surface area (Å²) >= 11 is 1.01. The van der Waals surface area contributed by atoms with Gasteiger partial charge in [-0.1, -0.05) is 12.1 Å². The van der Waals surface area contributed by atoms with Crippen LogP contribution in [-0.2, 0) is 14.3 Å². The molecule has 8 heteroatoms. The van der Waals surface area contributed by atoms with Crippen molar-refractivity contribution in [2.45, 2.75) is 0 Å². The maximum absolute atomic E-state index is 11.6. The van der Waals surface area contributed by atoms with Crippen molar-refractivity contribution in [3.8, 4) is 5.75 Å². The van der Waals surface area contributed by atoms with Gasteiger partial charge in [0.2, 0.25) is 0 Å². The average molecular weight is 319 g/mol. The van der Waals surface area contributed by atoms with Gasteiger partial charge in [0.15, 0.2) is 5.17 Å². The molecule has 1 fully saturated rings. The molecule has 1 amide bonds. The van der Waals surface area contributed by atoms with Crippen LogP contribution < -0.4 is 10.1 Å². The number of hydrogen-bond donors (Lipinski definition) is 1. The summed E-state index contributed by atoms with van der Waals surface area (Å²) in [5, 5.41) is 10.6. The van der Waals surface area contributed by atoms with E-state index >= 15 is 0 Å². The molecule has 2 rings (SSSR count). The van der Waals surface area contributed by atoms with Crippen LogP contribution in [0.25, 0.3) is 0 Å². The molecule has 1 heterocycles. The second kappa shape index (κ2) is 7.41. The zero-order valence-electron chi connectivity index (χ0n) is 11.9. The van der Waals surface area contributed by atoms with Gasteiger partial charge in [0, 0.05) is 11.6 Å². The molecule has 1 saturated heterocycles. The number of esters is 1. The first-order valence-electron chi connectivity index (χ1n) is 6.17. The number of benzene rings is 1. The van der Waals surface area contributed by atoms with Crippen molar-refractivity contribution >= 4 is 35.0 Å². The monoisotopic (exact) mass is 319 g/mol. The number of amides is 1. The van der Waals surface area contributed by atoms with Crippen molar-refractivity contribution in [1.82, 2.24) is 5.32 Å². The number of amidine groups is 1. The number of nitrogens with one attached hydrogen (secondary N) is 1. The third-order valence-corrected chi connectivity index (χ3v) is 3.49. The lowest BCUT2D eigenvalue weighted by Crippen LogP contribution is -2.19. The lowest BCUT2D eigenvalue weighted by molar-refractivity contribution is -0.135. The van der Waals surface area contributed by atoms with Crippen molar-refractivity contribution in [3.05, 3.63) is 40.8 Å². The van der Waals surface area contributed by atoms with E-state index in [4.69, 9.17) is 4.74 Å². The van der Waals surface area contributed by atoms with Gasteiger partial charge < -0.3 is 9.47 Å². The Kier molecular flexibility index (Phi) is 5.31. The molecule has 1 aliphatic rings. The van der Waals surface area contributed by atoms with Crippen LogP contribution in [0, 0.1) is 0 Å². The summed E-state index contributed by atoms with van der Waals surface area (Å²) < 4.78 is 9.65. The molecule has 0 spiro atoms. The van der Waals surface area contributed by atoms with Gasteiger partial charge >= 0.3 is 5.97 Å². The minimum absolute atomic E-state index is 0.207. The number of para-hydroxylation sites is 1. The number of nitrogens with zero attached hydrogens (tertiary/aromatic N) is 2. The molecule has 1 aromatic rings. The predicted molar refractivity (Wildman–Crippen MR) is 83.9 cm³/mol. The number of thioether (sulfide) groups is 1. The third-order valence-electron chi connectivity index (χ3n) is 2.59. The summed E-state index contributed by atoms with van der Waals surface area (Å²) in [5.41, 5.74) is 0.758. The number of carbonyl (C=O) groups excluding carboxylic acids is 2. The highest BCUT2D eigenvalue weighted by molar-refractivity contribution is 8.18. The quantitative estimate of drug-likeness (QED) is 0.391. The van der Waals surface area contributed by atoms with E-state index in [2.05, 4.69) is 20.3 Å². The molecule has 7 nitrogen and oxygen atoms in total. The standard InChI is InChI=1S/C14H13N3O4S/c1-20-10-6-4-3-5-9(10)8-15-17-14-16-13(19)11(22-14)7-12(18)21-2/h3-8H,1-2H3,(H,16,17,19). The minimum Gasteiger partial charge on any atom is -0.496 e. The molecule has 22 heavy (non-hydrogen) atoms. The van der Waals surface area contributed by atoms with Crippen LogP contribution in [0.15, 0.2) is 45.4 Å². The van der Waals surface area contributed by atoms with Crippen molar-refractivity contribution in [3.63, 3.8) is 0 Å². The fraction of sp³-hybridized carbons (Fsp3) is 0.143. The summed E-state index contributed by atoms with van der Waals surface area (Å²) in [6.07, 6.45) is 2.62. The second-order valence-electron chi connectivity index (χ2n) is 3.98. The summed E-state index contributed by atoms with van der Waals surface area (Å²) in [5.74, 6) is -0.348. The first-order valence-corrected chi connectivity index (χ1v) is 6.98. The summed E-state index contributed by atoms with van der Waals surface area (Å²) in [6, 6.07) is 7.32. The van der Waals surface area contributed by atoms with E-state index in [9.17, 15) is 9.59 Å². The Morgan fingerprint density at radius 1 is 1.32 bits per heavy atom. The normalized spacial score (nSPS) is 18.0. The Morgan fingerprint density at radius 3 is 2.82 bits per heavy atom. The summed E-state index contributed by atoms with van der Waals surface area (Å²) in [4.78, 5) is 22.9. The van der Waals surface area contributed by atoms with Crippen molar-refractivity contribution in [2.75, 3.05) is 14.2 Å². The molecular formula is C14H13N3O4S. The van der Waals surface area contributed by atoms with Gasteiger partial charge in [0.1, 0.15) is 5.75 Å². The summed E-state index contributed by atoms with van der Waals surface area (Å²) in [6.45, 7) is 0. The SMILES string of the molecule is COC(=O)C=C1SC(=NN=Cc2ccccc2OC)NC1=O. The van der Waals surface area contributed by atoms with Gasteiger partial charge in [-0.15, -0.1) is 5.10 Å². The topological polar surface area (TPSA) is 89.3 Å². The Bertz CT molecular complexity index is 682. The van der Waals surface area contributed by atoms with Crippen LogP contribution in [0.5, 0.6) is 5.75 Å². The van der Waals surface area contributed by atoms with Gasteiger partial charge in [-0.2, -0.15) is 5.10 Å². The lowest BCUT2D eigenvalue weighted by Gasteiger charge is -2.01. The molecule has 0 aromatic heterocycles. The van der Waals surface area contributed by atoms with E-state index in [1.807, 2.05) is 18.2 Å². The number of methoxy groups -OCH3 is 2. The number of rotatable bonds is 4. The Labute approximate surface area is 131 Å². The van der Waals surface area contributed by atoms with Gasteiger partial charge in [-0.3, -0.25) is 10.1 Å². The minimum atomic E-state index is -0.601.